The molecule has 0 saturated carbocycles. The number of nitrogens with one attached hydrogen (secondary N) is 1. The van der Waals surface area contributed by atoms with Gasteiger partial charge in [0.1, 0.15) is 0 Å². The molecule has 0 spiro atoms. The summed E-state index contributed by atoms with van der Waals surface area (Å²) in [7, 11) is 1.60. The quantitative estimate of drug-likeness (QED) is 0.753. The van der Waals surface area contributed by atoms with Gasteiger partial charge in [-0.25, -0.2) is 0 Å². The Balaban J connectivity index is 2.65. The molecule has 1 heterocycles. The van der Waals surface area contributed by atoms with Crippen molar-refractivity contribution in [2.45, 2.75) is 13.8 Å². The molecule has 1 N–H and O–H groups in total. The molecule has 0 aliphatic carbocycles. The first-order valence-corrected chi connectivity index (χ1v) is 4.85. The number of carbonyl (C=O) groups is 1. The number of rotatable bonds is 4. The third kappa shape index (κ3) is 3.32. The molecule has 0 fully saturated rings. The average Bonchev–Trinajstić information content (AvgIpc) is 2.17. The second-order valence-corrected chi connectivity index (χ2v) is 3.39. The highest BCUT2D eigenvalue weighted by molar-refractivity contribution is 5.95. The molecule has 0 aliphatic heterocycles. The van der Waals surface area contributed by atoms with Crippen molar-refractivity contribution >= 4 is 5.91 Å². The van der Waals surface area contributed by atoms with Crippen LogP contribution in [-0.2, 0) is 4.74 Å². The minimum Gasteiger partial charge on any atom is -0.383 e. The first kappa shape index (κ1) is 11.7. The molecule has 4 nitrogen and oxygen atoms in total. The van der Waals surface area contributed by atoms with Crippen LogP contribution in [0.3, 0.4) is 0 Å². The maximum absolute atomic E-state index is 11.6. The summed E-state index contributed by atoms with van der Waals surface area (Å²) in [6.07, 6.45) is 1.60. The Hall–Kier alpha value is -1.42. The van der Waals surface area contributed by atoms with Crippen molar-refractivity contribution in [2.24, 2.45) is 0 Å². The zero-order valence-corrected chi connectivity index (χ0v) is 9.33. The first-order valence-electron chi connectivity index (χ1n) is 4.85. The fourth-order valence-corrected chi connectivity index (χ4v) is 1.30. The van der Waals surface area contributed by atoms with E-state index in [1.54, 1.807) is 13.3 Å². The number of hydrogen-bond acceptors (Lipinski definition) is 3. The van der Waals surface area contributed by atoms with E-state index in [9.17, 15) is 4.79 Å². The second-order valence-electron chi connectivity index (χ2n) is 3.39. The number of methoxy groups -OCH3 is 1. The fourth-order valence-electron chi connectivity index (χ4n) is 1.30. The van der Waals surface area contributed by atoms with E-state index in [0.29, 0.717) is 18.7 Å². The maximum atomic E-state index is 11.6. The minimum atomic E-state index is -0.1000. The van der Waals surface area contributed by atoms with Gasteiger partial charge in [0.15, 0.2) is 0 Å². The Morgan fingerprint density at radius 3 is 2.87 bits per heavy atom. The van der Waals surface area contributed by atoms with Crippen LogP contribution < -0.4 is 5.32 Å². The van der Waals surface area contributed by atoms with Gasteiger partial charge in [0.05, 0.1) is 12.2 Å². The normalized spacial score (nSPS) is 10.1. The highest BCUT2D eigenvalue weighted by atomic mass is 16.5. The number of pyridine rings is 1. The summed E-state index contributed by atoms with van der Waals surface area (Å²) in [6.45, 7) is 4.84. The number of hydrogen-bond donors (Lipinski definition) is 1. The van der Waals surface area contributed by atoms with Gasteiger partial charge in [-0.1, -0.05) is 0 Å². The molecule has 0 unspecified atom stereocenters. The third-order valence-corrected chi connectivity index (χ3v) is 2.08. The highest BCUT2D eigenvalue weighted by Crippen LogP contribution is 2.07. The van der Waals surface area contributed by atoms with Gasteiger partial charge in [-0.3, -0.25) is 9.78 Å². The van der Waals surface area contributed by atoms with Gasteiger partial charge in [-0.2, -0.15) is 0 Å². The lowest BCUT2D eigenvalue weighted by Gasteiger charge is -2.07. The van der Waals surface area contributed by atoms with E-state index in [1.165, 1.54) is 0 Å². The lowest BCUT2D eigenvalue weighted by atomic mass is 10.1. The van der Waals surface area contributed by atoms with Gasteiger partial charge in [0.25, 0.3) is 5.91 Å². The largest absolute Gasteiger partial charge is 0.383 e. The summed E-state index contributed by atoms with van der Waals surface area (Å²) in [6, 6.07) is 1.89. The second kappa shape index (κ2) is 5.46. The van der Waals surface area contributed by atoms with Crippen molar-refractivity contribution in [3.63, 3.8) is 0 Å². The van der Waals surface area contributed by atoms with E-state index in [2.05, 4.69) is 10.3 Å². The van der Waals surface area contributed by atoms with Crippen LogP contribution in [0.4, 0.5) is 0 Å². The molecule has 82 valence electrons. The summed E-state index contributed by atoms with van der Waals surface area (Å²) in [5, 5.41) is 2.76. The Morgan fingerprint density at radius 1 is 1.53 bits per heavy atom. The van der Waals surface area contributed by atoms with Crippen molar-refractivity contribution in [1.82, 2.24) is 10.3 Å². The lowest BCUT2D eigenvalue weighted by Crippen LogP contribution is -2.27. The number of ether oxygens (including phenoxy) is 1. The van der Waals surface area contributed by atoms with Crippen LogP contribution in [0.15, 0.2) is 12.3 Å². The summed E-state index contributed by atoms with van der Waals surface area (Å²) in [5.74, 6) is -0.1000. The number of aromatic nitrogens is 1. The van der Waals surface area contributed by atoms with Crippen molar-refractivity contribution < 1.29 is 9.53 Å². The van der Waals surface area contributed by atoms with Crippen LogP contribution >= 0.6 is 0 Å². The molecule has 0 radical (unpaired) electrons. The van der Waals surface area contributed by atoms with Crippen molar-refractivity contribution in [3.05, 3.63) is 29.1 Å². The fraction of sp³-hybridized carbons (Fsp3) is 0.455. The predicted molar refractivity (Wildman–Crippen MR) is 57.9 cm³/mol. The molecular formula is C11H16N2O2. The van der Waals surface area contributed by atoms with Crippen LogP contribution in [0.2, 0.25) is 0 Å². The van der Waals surface area contributed by atoms with E-state index >= 15 is 0 Å². The summed E-state index contributed by atoms with van der Waals surface area (Å²) >= 11 is 0. The van der Waals surface area contributed by atoms with E-state index in [4.69, 9.17) is 4.74 Å². The number of nitrogens with zero attached hydrogens (tertiary/aromatic N) is 1. The molecular weight excluding hydrogens is 192 g/mol. The van der Waals surface area contributed by atoms with Gasteiger partial charge in [-0.15, -0.1) is 0 Å². The maximum Gasteiger partial charge on any atom is 0.253 e. The summed E-state index contributed by atoms with van der Waals surface area (Å²) < 4.78 is 4.85. The summed E-state index contributed by atoms with van der Waals surface area (Å²) in [5.41, 5.74) is 2.48. The molecule has 1 amide bonds. The van der Waals surface area contributed by atoms with Crippen LogP contribution in [-0.4, -0.2) is 31.2 Å². The standard InChI is InChI=1S/C11H16N2O2/c1-8-6-9(2)13-7-10(8)11(14)12-4-5-15-3/h6-7H,4-5H2,1-3H3,(H,12,14). The molecule has 0 aliphatic rings. The van der Waals surface area contributed by atoms with Crippen LogP contribution in [0, 0.1) is 13.8 Å². The van der Waals surface area contributed by atoms with E-state index in [1.807, 2.05) is 19.9 Å². The molecule has 0 aromatic carbocycles. The van der Waals surface area contributed by atoms with Gasteiger partial charge >= 0.3 is 0 Å². The Bertz CT molecular complexity index is 350. The van der Waals surface area contributed by atoms with Crippen LogP contribution in [0.1, 0.15) is 21.6 Å². The van der Waals surface area contributed by atoms with Crippen molar-refractivity contribution in [2.75, 3.05) is 20.3 Å². The lowest BCUT2D eigenvalue weighted by molar-refractivity contribution is 0.0936. The number of carbonyl (C=O) groups excluding carboxylic acids is 1. The molecule has 1 aromatic rings. The summed E-state index contributed by atoms with van der Waals surface area (Å²) in [4.78, 5) is 15.7. The zero-order chi connectivity index (χ0) is 11.3. The topological polar surface area (TPSA) is 51.2 Å². The molecule has 0 bridgehead atoms. The number of aryl methyl sites for hydroxylation is 2. The molecule has 1 aromatic heterocycles. The van der Waals surface area contributed by atoms with E-state index < -0.39 is 0 Å². The molecule has 15 heavy (non-hydrogen) atoms. The first-order chi connectivity index (χ1) is 7.15. The van der Waals surface area contributed by atoms with Crippen molar-refractivity contribution in [3.8, 4) is 0 Å². The Morgan fingerprint density at radius 2 is 2.27 bits per heavy atom. The third-order valence-electron chi connectivity index (χ3n) is 2.08. The van der Waals surface area contributed by atoms with Gasteiger partial charge in [0.2, 0.25) is 0 Å². The zero-order valence-electron chi connectivity index (χ0n) is 9.33. The minimum absolute atomic E-state index is 0.1000. The number of amides is 1. The highest BCUT2D eigenvalue weighted by Gasteiger charge is 2.08. The van der Waals surface area contributed by atoms with Crippen molar-refractivity contribution in [1.29, 1.82) is 0 Å². The smallest absolute Gasteiger partial charge is 0.253 e. The Kier molecular flexibility index (Phi) is 4.24. The molecule has 4 heteroatoms. The SMILES string of the molecule is COCCNC(=O)c1cnc(C)cc1C. The van der Waals surface area contributed by atoms with Crippen LogP contribution in [0.25, 0.3) is 0 Å². The monoisotopic (exact) mass is 208 g/mol. The molecule has 0 atom stereocenters. The molecule has 0 saturated heterocycles. The molecule has 1 rings (SSSR count). The average molecular weight is 208 g/mol. The predicted octanol–water partition coefficient (Wildman–Crippen LogP) is 1.07. The van der Waals surface area contributed by atoms with Crippen LogP contribution in [0.5, 0.6) is 0 Å². The van der Waals surface area contributed by atoms with E-state index in [-0.39, 0.29) is 5.91 Å². The van der Waals surface area contributed by atoms with Gasteiger partial charge < -0.3 is 10.1 Å². The van der Waals surface area contributed by atoms with Gasteiger partial charge in [-0.05, 0) is 25.5 Å². The van der Waals surface area contributed by atoms with Gasteiger partial charge in [0, 0.05) is 25.5 Å². The van der Waals surface area contributed by atoms with E-state index in [0.717, 1.165) is 11.3 Å². The Labute approximate surface area is 89.7 Å².